The van der Waals surface area contributed by atoms with Crippen molar-refractivity contribution >= 4 is 16.0 Å². The fraction of sp³-hybridized carbons (Fsp3) is 0.222. The minimum atomic E-state index is -4.18. The molecular formula is C9H10FNO4S. The number of rotatable bonds is 2. The van der Waals surface area contributed by atoms with Gasteiger partial charge in [-0.25, -0.2) is 22.7 Å². The maximum Gasteiger partial charge on any atom is 0.339 e. The molecular weight excluding hydrogens is 237 g/mol. The lowest BCUT2D eigenvalue weighted by atomic mass is 10.1. The molecule has 0 amide bonds. The van der Waals surface area contributed by atoms with Crippen LogP contribution in [0.4, 0.5) is 4.39 Å². The largest absolute Gasteiger partial charge is 0.465 e. The Morgan fingerprint density at radius 1 is 1.44 bits per heavy atom. The Balaban J connectivity index is 3.65. The van der Waals surface area contributed by atoms with Crippen LogP contribution in [0.25, 0.3) is 0 Å². The number of nitrogens with two attached hydrogens (primary N) is 1. The summed E-state index contributed by atoms with van der Waals surface area (Å²) < 4.78 is 40.1. The normalized spacial score (nSPS) is 11.2. The second kappa shape index (κ2) is 4.18. The third-order valence-corrected chi connectivity index (χ3v) is 3.12. The van der Waals surface area contributed by atoms with Crippen LogP contribution in [0.15, 0.2) is 17.0 Å². The number of carbonyl (C=O) groups excluding carboxylic acids is 1. The van der Waals surface area contributed by atoms with Crippen LogP contribution in [0.3, 0.4) is 0 Å². The molecule has 5 nitrogen and oxygen atoms in total. The Morgan fingerprint density at radius 3 is 2.44 bits per heavy atom. The molecule has 2 N–H and O–H groups in total. The first-order chi connectivity index (χ1) is 7.29. The number of carbonyl (C=O) groups is 1. The van der Waals surface area contributed by atoms with Crippen molar-refractivity contribution in [3.05, 3.63) is 29.1 Å². The molecule has 1 aromatic rings. The first kappa shape index (κ1) is 12.6. The van der Waals surface area contributed by atoms with Crippen LogP contribution in [0.1, 0.15) is 15.9 Å². The van der Waals surface area contributed by atoms with Crippen molar-refractivity contribution in [3.63, 3.8) is 0 Å². The summed E-state index contributed by atoms with van der Waals surface area (Å²) in [6.45, 7) is 1.22. The zero-order chi connectivity index (χ0) is 12.5. The SMILES string of the molecule is COC(=O)c1ccc(F)c(C)c1S(N)(=O)=O. The van der Waals surface area contributed by atoms with E-state index in [4.69, 9.17) is 5.14 Å². The molecule has 0 atom stereocenters. The van der Waals surface area contributed by atoms with Gasteiger partial charge in [-0.05, 0) is 19.1 Å². The van der Waals surface area contributed by atoms with Gasteiger partial charge in [0.15, 0.2) is 0 Å². The molecule has 0 unspecified atom stereocenters. The Kier molecular flexibility index (Phi) is 3.30. The van der Waals surface area contributed by atoms with Gasteiger partial charge in [-0.2, -0.15) is 0 Å². The molecule has 7 heteroatoms. The predicted molar refractivity (Wildman–Crippen MR) is 53.8 cm³/mol. The maximum absolute atomic E-state index is 13.2. The van der Waals surface area contributed by atoms with Gasteiger partial charge in [0, 0.05) is 5.56 Å². The molecule has 0 fully saturated rings. The lowest BCUT2D eigenvalue weighted by Crippen LogP contribution is -2.19. The quantitative estimate of drug-likeness (QED) is 0.774. The van der Waals surface area contributed by atoms with Crippen molar-refractivity contribution in [2.24, 2.45) is 5.14 Å². The zero-order valence-corrected chi connectivity index (χ0v) is 9.47. The van der Waals surface area contributed by atoms with E-state index in [2.05, 4.69) is 4.74 Å². The summed E-state index contributed by atoms with van der Waals surface area (Å²) in [6, 6.07) is 2.00. The van der Waals surface area contributed by atoms with Gasteiger partial charge in [-0.15, -0.1) is 0 Å². The number of hydrogen-bond acceptors (Lipinski definition) is 4. The first-order valence-electron chi connectivity index (χ1n) is 4.19. The van der Waals surface area contributed by atoms with Gasteiger partial charge in [-0.1, -0.05) is 0 Å². The van der Waals surface area contributed by atoms with Gasteiger partial charge in [0.05, 0.1) is 12.7 Å². The number of primary sulfonamides is 1. The van der Waals surface area contributed by atoms with Gasteiger partial charge < -0.3 is 4.74 Å². The molecule has 0 saturated heterocycles. The van der Waals surface area contributed by atoms with Gasteiger partial charge in [0.25, 0.3) is 0 Å². The van der Waals surface area contributed by atoms with Crippen LogP contribution >= 0.6 is 0 Å². The molecule has 1 aromatic carbocycles. The average molecular weight is 247 g/mol. The van der Waals surface area contributed by atoms with Crippen molar-refractivity contribution in [2.45, 2.75) is 11.8 Å². The van der Waals surface area contributed by atoms with Crippen molar-refractivity contribution < 1.29 is 22.3 Å². The van der Waals surface area contributed by atoms with Gasteiger partial charge >= 0.3 is 5.97 Å². The monoisotopic (exact) mass is 247 g/mol. The predicted octanol–water partition coefficient (Wildman–Crippen LogP) is 0.568. The summed E-state index contributed by atoms with van der Waals surface area (Å²) in [7, 11) is -3.09. The molecule has 0 aliphatic rings. The van der Waals surface area contributed by atoms with Crippen molar-refractivity contribution in [1.29, 1.82) is 0 Å². The highest BCUT2D eigenvalue weighted by atomic mass is 32.2. The Bertz CT molecular complexity index is 539. The molecule has 0 radical (unpaired) electrons. The fourth-order valence-corrected chi connectivity index (χ4v) is 2.29. The highest BCUT2D eigenvalue weighted by molar-refractivity contribution is 7.89. The molecule has 1 rings (SSSR count). The van der Waals surface area contributed by atoms with E-state index in [9.17, 15) is 17.6 Å². The summed E-state index contributed by atoms with van der Waals surface area (Å²) in [5, 5.41) is 4.92. The molecule has 0 heterocycles. The van der Waals surface area contributed by atoms with E-state index in [-0.39, 0.29) is 11.1 Å². The summed E-state index contributed by atoms with van der Waals surface area (Å²) in [4.78, 5) is 10.7. The van der Waals surface area contributed by atoms with Crippen molar-refractivity contribution in [2.75, 3.05) is 7.11 Å². The highest BCUT2D eigenvalue weighted by Gasteiger charge is 2.24. The number of ether oxygens (including phenoxy) is 1. The van der Waals surface area contributed by atoms with Crippen LogP contribution in [-0.2, 0) is 14.8 Å². The summed E-state index contributed by atoms with van der Waals surface area (Å²) in [5.41, 5.74) is -0.477. The molecule has 0 aliphatic carbocycles. The van der Waals surface area contributed by atoms with Crippen LogP contribution in [0.2, 0.25) is 0 Å². The van der Waals surface area contributed by atoms with E-state index in [0.717, 1.165) is 19.2 Å². The van der Waals surface area contributed by atoms with Gasteiger partial charge in [-0.3, -0.25) is 0 Å². The van der Waals surface area contributed by atoms with Crippen LogP contribution in [0, 0.1) is 12.7 Å². The second-order valence-corrected chi connectivity index (χ2v) is 4.58. The van der Waals surface area contributed by atoms with E-state index < -0.39 is 26.7 Å². The molecule has 88 valence electrons. The Labute approximate surface area is 92.1 Å². The number of halogens is 1. The number of hydrogen-bond donors (Lipinski definition) is 1. The number of sulfonamides is 1. The lowest BCUT2D eigenvalue weighted by Gasteiger charge is -2.09. The van der Waals surface area contributed by atoms with Crippen LogP contribution in [-0.4, -0.2) is 21.5 Å². The highest BCUT2D eigenvalue weighted by Crippen LogP contribution is 2.22. The fourth-order valence-electron chi connectivity index (χ4n) is 1.30. The number of methoxy groups -OCH3 is 1. The van der Waals surface area contributed by atoms with Gasteiger partial charge in [0.1, 0.15) is 10.7 Å². The number of esters is 1. The Morgan fingerprint density at radius 2 is 2.00 bits per heavy atom. The number of benzene rings is 1. The zero-order valence-electron chi connectivity index (χ0n) is 8.65. The molecule has 16 heavy (non-hydrogen) atoms. The summed E-state index contributed by atoms with van der Waals surface area (Å²) in [5.74, 6) is -1.64. The van der Waals surface area contributed by atoms with E-state index in [0.29, 0.717) is 0 Å². The smallest absolute Gasteiger partial charge is 0.339 e. The Hall–Kier alpha value is -1.47. The van der Waals surface area contributed by atoms with Crippen molar-refractivity contribution in [1.82, 2.24) is 0 Å². The van der Waals surface area contributed by atoms with E-state index in [1.54, 1.807) is 0 Å². The second-order valence-electron chi connectivity index (χ2n) is 3.09. The minimum Gasteiger partial charge on any atom is -0.465 e. The first-order valence-corrected chi connectivity index (χ1v) is 5.74. The van der Waals surface area contributed by atoms with E-state index in [1.807, 2.05) is 0 Å². The molecule has 0 saturated carbocycles. The van der Waals surface area contributed by atoms with Crippen LogP contribution in [0.5, 0.6) is 0 Å². The average Bonchev–Trinajstić information content (AvgIpc) is 2.18. The standard InChI is InChI=1S/C9H10FNO4S/c1-5-7(10)4-3-6(9(12)15-2)8(5)16(11,13)14/h3-4H,1-2H3,(H2,11,13,14). The minimum absolute atomic E-state index is 0.203. The summed E-state index contributed by atoms with van der Waals surface area (Å²) >= 11 is 0. The molecule has 0 aliphatic heterocycles. The maximum atomic E-state index is 13.2. The topological polar surface area (TPSA) is 86.5 Å². The molecule has 0 aromatic heterocycles. The molecule has 0 spiro atoms. The third-order valence-electron chi connectivity index (χ3n) is 2.03. The van der Waals surface area contributed by atoms with Crippen molar-refractivity contribution in [3.8, 4) is 0 Å². The van der Waals surface area contributed by atoms with Gasteiger partial charge in [0.2, 0.25) is 10.0 Å². The summed E-state index contributed by atoms with van der Waals surface area (Å²) in [6.07, 6.45) is 0. The lowest BCUT2D eigenvalue weighted by molar-refractivity contribution is 0.0596. The van der Waals surface area contributed by atoms with E-state index >= 15 is 0 Å². The molecule has 0 bridgehead atoms. The third kappa shape index (κ3) is 2.20. The van der Waals surface area contributed by atoms with Crippen LogP contribution < -0.4 is 5.14 Å². The van der Waals surface area contributed by atoms with E-state index in [1.165, 1.54) is 6.92 Å².